The minimum absolute atomic E-state index is 0.139. The minimum Gasteiger partial charge on any atom is -0.484 e. The predicted molar refractivity (Wildman–Crippen MR) is 96.7 cm³/mol. The summed E-state index contributed by atoms with van der Waals surface area (Å²) in [5.41, 5.74) is 14.2. The van der Waals surface area contributed by atoms with Crippen molar-refractivity contribution >= 4 is 11.7 Å². The van der Waals surface area contributed by atoms with Crippen LogP contribution in [0.4, 0.5) is 5.82 Å². The van der Waals surface area contributed by atoms with Gasteiger partial charge in [0.15, 0.2) is 6.61 Å². The number of benzene rings is 1. The van der Waals surface area contributed by atoms with Crippen LogP contribution in [-0.2, 0) is 4.79 Å². The zero-order valence-electron chi connectivity index (χ0n) is 13.7. The van der Waals surface area contributed by atoms with Crippen molar-refractivity contribution < 1.29 is 9.53 Å². The summed E-state index contributed by atoms with van der Waals surface area (Å²) in [4.78, 5) is 19.2. The Balaban J connectivity index is 2.09. The number of amides is 1. The van der Waals surface area contributed by atoms with Crippen LogP contribution in [0.2, 0.25) is 0 Å². The zero-order valence-corrected chi connectivity index (χ0v) is 13.7. The number of nitriles is 1. The molecule has 1 amide bonds. The number of ether oxygens (including phenoxy) is 1. The molecule has 0 saturated carbocycles. The third-order valence-corrected chi connectivity index (χ3v) is 3.66. The Kier molecular flexibility index (Phi) is 4.76. The first-order valence-electron chi connectivity index (χ1n) is 7.71. The van der Waals surface area contributed by atoms with E-state index in [0.717, 1.165) is 5.56 Å². The molecule has 0 saturated heterocycles. The van der Waals surface area contributed by atoms with E-state index in [2.05, 4.69) is 16.0 Å². The highest BCUT2D eigenvalue weighted by molar-refractivity contribution is 5.80. The number of hydrogen-bond donors (Lipinski definition) is 2. The standard InChI is InChI=1S/C19H15N5O2/c20-10-16-15(13-2-1-3-14(8-13)26-11-18(21)25)9-17(24-19(16)22)12-4-6-23-7-5-12/h1-9H,11H2,(H2,21,25)(H2,22,24). The number of nitrogens with zero attached hydrogens (tertiary/aromatic N) is 3. The lowest BCUT2D eigenvalue weighted by Crippen LogP contribution is -2.19. The van der Waals surface area contributed by atoms with Crippen molar-refractivity contribution in [2.45, 2.75) is 0 Å². The molecule has 0 aliphatic rings. The maximum absolute atomic E-state index is 10.9. The molecule has 0 atom stereocenters. The van der Waals surface area contributed by atoms with E-state index in [1.807, 2.05) is 18.2 Å². The van der Waals surface area contributed by atoms with Gasteiger partial charge in [-0.15, -0.1) is 0 Å². The van der Waals surface area contributed by atoms with Crippen LogP contribution in [0.15, 0.2) is 54.9 Å². The molecular formula is C19H15N5O2. The molecule has 128 valence electrons. The fraction of sp³-hybridized carbons (Fsp3) is 0.0526. The first kappa shape index (κ1) is 16.9. The minimum atomic E-state index is -0.568. The molecule has 26 heavy (non-hydrogen) atoms. The number of carbonyl (C=O) groups is 1. The fourth-order valence-corrected chi connectivity index (χ4v) is 2.49. The number of nitrogens with two attached hydrogens (primary N) is 2. The Morgan fingerprint density at radius 1 is 1.15 bits per heavy atom. The van der Waals surface area contributed by atoms with E-state index in [-0.39, 0.29) is 18.0 Å². The molecule has 7 nitrogen and oxygen atoms in total. The second-order valence-corrected chi connectivity index (χ2v) is 5.45. The van der Waals surface area contributed by atoms with Gasteiger partial charge in [0.2, 0.25) is 0 Å². The van der Waals surface area contributed by atoms with Crippen molar-refractivity contribution in [1.29, 1.82) is 5.26 Å². The third kappa shape index (κ3) is 3.60. The molecule has 0 radical (unpaired) electrons. The van der Waals surface area contributed by atoms with Crippen LogP contribution >= 0.6 is 0 Å². The highest BCUT2D eigenvalue weighted by Gasteiger charge is 2.14. The van der Waals surface area contributed by atoms with Crippen molar-refractivity contribution in [3.05, 3.63) is 60.4 Å². The molecular weight excluding hydrogens is 330 g/mol. The van der Waals surface area contributed by atoms with Gasteiger partial charge in [-0.2, -0.15) is 5.26 Å². The summed E-state index contributed by atoms with van der Waals surface area (Å²) >= 11 is 0. The van der Waals surface area contributed by atoms with Crippen molar-refractivity contribution in [3.63, 3.8) is 0 Å². The van der Waals surface area contributed by atoms with Gasteiger partial charge in [0.1, 0.15) is 23.2 Å². The van der Waals surface area contributed by atoms with Crippen molar-refractivity contribution in [3.8, 4) is 34.2 Å². The lowest BCUT2D eigenvalue weighted by atomic mass is 9.98. The third-order valence-electron chi connectivity index (χ3n) is 3.66. The van der Waals surface area contributed by atoms with E-state index in [1.165, 1.54) is 0 Å². The summed E-state index contributed by atoms with van der Waals surface area (Å²) < 4.78 is 5.34. The van der Waals surface area contributed by atoms with Crippen LogP contribution < -0.4 is 16.2 Å². The van der Waals surface area contributed by atoms with E-state index < -0.39 is 5.91 Å². The number of aromatic nitrogens is 2. The quantitative estimate of drug-likeness (QED) is 0.729. The number of nitrogen functional groups attached to an aromatic ring is 1. The smallest absolute Gasteiger partial charge is 0.255 e. The SMILES string of the molecule is N#Cc1c(-c2cccc(OCC(N)=O)c2)cc(-c2ccncc2)nc1N. The van der Waals surface area contributed by atoms with Crippen molar-refractivity contribution in [2.75, 3.05) is 12.3 Å². The summed E-state index contributed by atoms with van der Waals surface area (Å²) in [6, 6.07) is 14.5. The zero-order chi connectivity index (χ0) is 18.5. The van der Waals surface area contributed by atoms with Gasteiger partial charge in [0.25, 0.3) is 5.91 Å². The fourth-order valence-electron chi connectivity index (χ4n) is 2.49. The van der Waals surface area contributed by atoms with Gasteiger partial charge in [-0.3, -0.25) is 9.78 Å². The van der Waals surface area contributed by atoms with Gasteiger partial charge in [-0.1, -0.05) is 12.1 Å². The molecule has 3 aromatic rings. The monoisotopic (exact) mass is 345 g/mol. The highest BCUT2D eigenvalue weighted by atomic mass is 16.5. The highest BCUT2D eigenvalue weighted by Crippen LogP contribution is 2.32. The summed E-state index contributed by atoms with van der Waals surface area (Å²) in [5, 5.41) is 9.50. The van der Waals surface area contributed by atoms with E-state index in [1.54, 1.807) is 36.7 Å². The summed E-state index contributed by atoms with van der Waals surface area (Å²) in [5.74, 6) is 0.0348. The van der Waals surface area contributed by atoms with Gasteiger partial charge >= 0.3 is 0 Å². The van der Waals surface area contributed by atoms with Gasteiger partial charge in [-0.25, -0.2) is 4.98 Å². The average molecular weight is 345 g/mol. The van der Waals surface area contributed by atoms with Crippen LogP contribution in [0.1, 0.15) is 5.56 Å². The second-order valence-electron chi connectivity index (χ2n) is 5.45. The normalized spacial score (nSPS) is 10.1. The second kappa shape index (κ2) is 7.32. The van der Waals surface area contributed by atoms with Crippen LogP contribution in [-0.4, -0.2) is 22.5 Å². The number of rotatable bonds is 5. The molecule has 0 aliphatic carbocycles. The molecule has 2 heterocycles. The van der Waals surface area contributed by atoms with Crippen molar-refractivity contribution in [1.82, 2.24) is 9.97 Å². The van der Waals surface area contributed by atoms with Gasteiger partial charge in [0.05, 0.1) is 5.69 Å². The van der Waals surface area contributed by atoms with E-state index in [9.17, 15) is 10.1 Å². The van der Waals surface area contributed by atoms with E-state index >= 15 is 0 Å². The topological polar surface area (TPSA) is 128 Å². The number of pyridine rings is 2. The molecule has 7 heteroatoms. The molecule has 4 N–H and O–H groups in total. The number of hydrogen-bond acceptors (Lipinski definition) is 6. The van der Waals surface area contributed by atoms with Crippen LogP contribution in [0, 0.1) is 11.3 Å². The Morgan fingerprint density at radius 3 is 2.62 bits per heavy atom. The van der Waals surface area contributed by atoms with Gasteiger partial charge in [0, 0.05) is 23.5 Å². The Bertz CT molecular complexity index is 997. The molecule has 1 aromatic carbocycles. The van der Waals surface area contributed by atoms with Crippen molar-refractivity contribution in [2.24, 2.45) is 5.73 Å². The maximum atomic E-state index is 10.9. The molecule has 0 spiro atoms. The summed E-state index contributed by atoms with van der Waals surface area (Å²) in [6.45, 7) is -0.227. The van der Waals surface area contributed by atoms with E-state index in [4.69, 9.17) is 16.2 Å². The largest absolute Gasteiger partial charge is 0.484 e. The van der Waals surface area contributed by atoms with Gasteiger partial charge < -0.3 is 16.2 Å². The van der Waals surface area contributed by atoms with Crippen LogP contribution in [0.5, 0.6) is 5.75 Å². The number of anilines is 1. The molecule has 0 bridgehead atoms. The lowest BCUT2D eigenvalue weighted by Gasteiger charge is -2.11. The summed E-state index contributed by atoms with van der Waals surface area (Å²) in [7, 11) is 0. The van der Waals surface area contributed by atoms with E-state index in [0.29, 0.717) is 22.6 Å². The molecule has 3 rings (SSSR count). The first-order chi connectivity index (χ1) is 12.6. The molecule has 2 aromatic heterocycles. The molecule has 0 fully saturated rings. The predicted octanol–water partition coefficient (Wildman–Crippen LogP) is 2.13. The Labute approximate surface area is 149 Å². The number of primary amides is 1. The van der Waals surface area contributed by atoms with Gasteiger partial charge in [-0.05, 0) is 35.9 Å². The summed E-state index contributed by atoms with van der Waals surface area (Å²) in [6.07, 6.45) is 3.31. The Hall–Kier alpha value is -3.92. The first-order valence-corrected chi connectivity index (χ1v) is 7.71. The average Bonchev–Trinajstić information content (AvgIpc) is 2.66. The molecule has 0 aliphatic heterocycles. The molecule has 0 unspecified atom stereocenters. The van der Waals surface area contributed by atoms with Crippen LogP contribution in [0.3, 0.4) is 0 Å². The maximum Gasteiger partial charge on any atom is 0.255 e. The van der Waals surface area contributed by atoms with Crippen LogP contribution in [0.25, 0.3) is 22.4 Å². The Morgan fingerprint density at radius 2 is 1.92 bits per heavy atom. The number of carbonyl (C=O) groups excluding carboxylic acids is 1. The lowest BCUT2D eigenvalue weighted by molar-refractivity contribution is -0.119.